The lowest BCUT2D eigenvalue weighted by Gasteiger charge is -2.16. The highest BCUT2D eigenvalue weighted by Gasteiger charge is 2.17. The first kappa shape index (κ1) is 20.2. The third kappa shape index (κ3) is 4.13. The molecule has 3 aromatic rings. The molecule has 1 aliphatic rings. The largest absolute Gasteiger partial charge is 0.381 e. The molecule has 3 N–H and O–H groups in total. The lowest BCUT2D eigenvalue weighted by molar-refractivity contribution is 0.793. The topological polar surface area (TPSA) is 70.5 Å². The molecule has 1 aliphatic heterocycles. The van der Waals surface area contributed by atoms with Crippen molar-refractivity contribution in [3.63, 3.8) is 0 Å². The van der Waals surface area contributed by atoms with Crippen LogP contribution in [0.2, 0.25) is 0 Å². The van der Waals surface area contributed by atoms with E-state index in [9.17, 15) is 4.79 Å². The third-order valence-electron chi connectivity index (χ3n) is 4.76. The number of hydrogen-bond donors (Lipinski definition) is 3. The highest BCUT2D eigenvalue weighted by atomic mass is 35.5. The van der Waals surface area contributed by atoms with E-state index >= 15 is 0 Å². The summed E-state index contributed by atoms with van der Waals surface area (Å²) < 4.78 is 1.59. The predicted molar refractivity (Wildman–Crippen MR) is 118 cm³/mol. The summed E-state index contributed by atoms with van der Waals surface area (Å²) in [6.07, 6.45) is 2.89. The van der Waals surface area contributed by atoms with E-state index in [1.807, 2.05) is 56.3 Å². The summed E-state index contributed by atoms with van der Waals surface area (Å²) in [6, 6.07) is 14.3. The maximum Gasteiger partial charge on any atom is 0.267 e. The van der Waals surface area contributed by atoms with Gasteiger partial charge in [-0.05, 0) is 56.6 Å². The average molecular weight is 400 g/mol. The molecule has 1 fully saturated rings. The van der Waals surface area contributed by atoms with Crippen molar-refractivity contribution < 1.29 is 0 Å². The summed E-state index contributed by atoms with van der Waals surface area (Å²) in [5, 5.41) is 10.2. The quantitative estimate of drug-likeness (QED) is 0.613. The molecule has 0 spiro atoms. The van der Waals surface area contributed by atoms with Gasteiger partial charge in [-0.25, -0.2) is 4.98 Å². The van der Waals surface area contributed by atoms with E-state index in [2.05, 4.69) is 20.9 Å². The second kappa shape index (κ2) is 8.63. The number of fused-ring (bicyclic) bond motifs is 1. The van der Waals surface area contributed by atoms with Gasteiger partial charge in [-0.1, -0.05) is 18.2 Å². The van der Waals surface area contributed by atoms with Gasteiger partial charge in [0.05, 0.1) is 5.56 Å². The maximum absolute atomic E-state index is 13.2. The van der Waals surface area contributed by atoms with Crippen molar-refractivity contribution in [3.05, 3.63) is 59.0 Å². The fourth-order valence-corrected chi connectivity index (χ4v) is 3.47. The van der Waals surface area contributed by atoms with Crippen molar-refractivity contribution in [2.24, 2.45) is 0 Å². The van der Waals surface area contributed by atoms with Crippen LogP contribution in [0.5, 0.6) is 0 Å². The summed E-state index contributed by atoms with van der Waals surface area (Å²) in [5.74, 6) is 0.627. The SMILES string of the molecule is CC(C)Nc1nc2ccccn2c(=O)c1-c1ccc(N[C@@H]2CCNC2)cc1.Cl. The second-order valence-corrected chi connectivity index (χ2v) is 7.28. The van der Waals surface area contributed by atoms with Crippen molar-refractivity contribution in [3.8, 4) is 11.1 Å². The van der Waals surface area contributed by atoms with Gasteiger partial charge in [0.15, 0.2) is 0 Å². The second-order valence-electron chi connectivity index (χ2n) is 7.28. The van der Waals surface area contributed by atoms with Gasteiger partial charge in [-0.3, -0.25) is 9.20 Å². The number of pyridine rings is 1. The first-order valence-corrected chi connectivity index (χ1v) is 9.47. The molecule has 0 amide bonds. The zero-order valence-corrected chi connectivity index (χ0v) is 16.9. The maximum atomic E-state index is 13.2. The molecule has 0 radical (unpaired) electrons. The van der Waals surface area contributed by atoms with Crippen molar-refractivity contribution in [1.29, 1.82) is 0 Å². The zero-order valence-electron chi connectivity index (χ0n) is 16.1. The molecule has 6 nitrogen and oxygen atoms in total. The van der Waals surface area contributed by atoms with Crippen molar-refractivity contribution in [2.75, 3.05) is 23.7 Å². The van der Waals surface area contributed by atoms with Gasteiger partial charge in [-0.2, -0.15) is 0 Å². The number of halogens is 1. The molecule has 4 rings (SSSR count). The van der Waals surface area contributed by atoms with E-state index in [0.29, 0.717) is 23.1 Å². The Morgan fingerprint density at radius 2 is 1.96 bits per heavy atom. The molecule has 1 aromatic carbocycles. The van der Waals surface area contributed by atoms with Crippen LogP contribution >= 0.6 is 12.4 Å². The van der Waals surface area contributed by atoms with Gasteiger partial charge in [0, 0.05) is 30.5 Å². The Labute approximate surface area is 170 Å². The van der Waals surface area contributed by atoms with E-state index in [-0.39, 0.29) is 24.0 Å². The molecular weight excluding hydrogens is 374 g/mol. The minimum Gasteiger partial charge on any atom is -0.381 e. The predicted octanol–water partition coefficient (Wildman–Crippen LogP) is 3.38. The van der Waals surface area contributed by atoms with Crippen LogP contribution in [0, 0.1) is 0 Å². The van der Waals surface area contributed by atoms with Crippen LogP contribution in [0.15, 0.2) is 53.5 Å². The Bertz CT molecular complexity index is 994. The molecule has 7 heteroatoms. The van der Waals surface area contributed by atoms with Crippen molar-refractivity contribution >= 4 is 29.6 Å². The van der Waals surface area contributed by atoms with Crippen LogP contribution in [-0.4, -0.2) is 34.6 Å². The van der Waals surface area contributed by atoms with Gasteiger partial charge in [0.25, 0.3) is 5.56 Å². The van der Waals surface area contributed by atoms with Gasteiger partial charge in [0.2, 0.25) is 0 Å². The minimum atomic E-state index is -0.0653. The fraction of sp³-hybridized carbons (Fsp3) is 0.333. The average Bonchev–Trinajstić information content (AvgIpc) is 3.16. The Morgan fingerprint density at radius 3 is 2.64 bits per heavy atom. The van der Waals surface area contributed by atoms with E-state index < -0.39 is 0 Å². The number of aromatic nitrogens is 2. The van der Waals surface area contributed by atoms with E-state index in [1.54, 1.807) is 10.6 Å². The van der Waals surface area contributed by atoms with Crippen LogP contribution in [0.25, 0.3) is 16.8 Å². The van der Waals surface area contributed by atoms with Crippen LogP contribution in [-0.2, 0) is 0 Å². The number of nitrogens with zero attached hydrogens (tertiary/aromatic N) is 2. The van der Waals surface area contributed by atoms with Crippen LogP contribution in [0.1, 0.15) is 20.3 Å². The summed E-state index contributed by atoms with van der Waals surface area (Å²) in [7, 11) is 0. The Morgan fingerprint density at radius 1 is 1.18 bits per heavy atom. The summed E-state index contributed by atoms with van der Waals surface area (Å²) in [5.41, 5.74) is 3.11. The standard InChI is InChI=1S/C21H25N5O.ClH/c1-14(2)23-20-19(21(27)26-12-4-3-5-18(26)25-20)15-6-8-16(9-7-15)24-17-10-11-22-13-17;/h3-9,12,14,17,22-24H,10-11,13H2,1-2H3;1H/t17-;/m1./s1. The number of hydrogen-bond acceptors (Lipinski definition) is 5. The first-order chi connectivity index (χ1) is 13.1. The minimum absolute atomic E-state index is 0. The number of anilines is 2. The summed E-state index contributed by atoms with van der Waals surface area (Å²) >= 11 is 0. The highest BCUT2D eigenvalue weighted by Crippen LogP contribution is 2.26. The Kier molecular flexibility index (Phi) is 6.21. The smallest absolute Gasteiger partial charge is 0.267 e. The fourth-order valence-electron chi connectivity index (χ4n) is 3.47. The Balaban J connectivity index is 0.00000225. The molecule has 1 saturated heterocycles. The molecular formula is C21H26ClN5O. The zero-order chi connectivity index (χ0) is 18.8. The van der Waals surface area contributed by atoms with E-state index in [0.717, 1.165) is 30.8 Å². The van der Waals surface area contributed by atoms with Gasteiger partial charge in [0.1, 0.15) is 11.5 Å². The van der Waals surface area contributed by atoms with Crippen LogP contribution in [0.3, 0.4) is 0 Å². The lowest BCUT2D eigenvalue weighted by Crippen LogP contribution is -2.22. The third-order valence-corrected chi connectivity index (χ3v) is 4.76. The van der Waals surface area contributed by atoms with E-state index in [4.69, 9.17) is 0 Å². The summed E-state index contributed by atoms with van der Waals surface area (Å²) in [4.78, 5) is 17.8. The number of benzene rings is 1. The first-order valence-electron chi connectivity index (χ1n) is 9.47. The summed E-state index contributed by atoms with van der Waals surface area (Å²) in [6.45, 7) is 6.13. The molecule has 0 unspecified atom stereocenters. The molecule has 0 bridgehead atoms. The normalized spacial score (nSPS) is 16.2. The lowest BCUT2D eigenvalue weighted by atomic mass is 10.1. The number of nitrogens with one attached hydrogen (secondary N) is 3. The van der Waals surface area contributed by atoms with Gasteiger partial charge >= 0.3 is 0 Å². The molecule has 148 valence electrons. The number of rotatable bonds is 5. The molecule has 28 heavy (non-hydrogen) atoms. The monoisotopic (exact) mass is 399 g/mol. The Hall–Kier alpha value is -2.57. The van der Waals surface area contributed by atoms with Crippen molar-refractivity contribution in [1.82, 2.24) is 14.7 Å². The van der Waals surface area contributed by atoms with Gasteiger partial charge < -0.3 is 16.0 Å². The van der Waals surface area contributed by atoms with Crippen LogP contribution < -0.4 is 21.5 Å². The highest BCUT2D eigenvalue weighted by molar-refractivity contribution is 5.85. The van der Waals surface area contributed by atoms with E-state index in [1.165, 1.54) is 0 Å². The molecule has 2 aromatic heterocycles. The molecule has 1 atom stereocenters. The van der Waals surface area contributed by atoms with Crippen molar-refractivity contribution in [2.45, 2.75) is 32.4 Å². The van der Waals surface area contributed by atoms with Crippen LogP contribution in [0.4, 0.5) is 11.5 Å². The molecule has 3 heterocycles. The molecule has 0 saturated carbocycles. The molecule has 0 aliphatic carbocycles. The van der Waals surface area contributed by atoms with Gasteiger partial charge in [-0.15, -0.1) is 12.4 Å².